The Bertz CT molecular complexity index is 457. The molecule has 0 aliphatic heterocycles. The maximum Gasteiger partial charge on any atom is 0.199 e. The predicted octanol–water partition coefficient (Wildman–Crippen LogP) is 0.484. The van der Waals surface area contributed by atoms with Gasteiger partial charge in [0.25, 0.3) is 0 Å². The number of aliphatic hydroxyl groups is 1. The Morgan fingerprint density at radius 2 is 2.06 bits per heavy atom. The summed E-state index contributed by atoms with van der Waals surface area (Å²) in [5, 5.41) is 23.2. The fourth-order valence-electron chi connectivity index (χ4n) is 1.60. The van der Waals surface area contributed by atoms with E-state index in [0.717, 1.165) is 38.0 Å². The Kier molecular flexibility index (Phi) is 4.20. The molecule has 17 heavy (non-hydrogen) atoms. The molecule has 7 nitrogen and oxygen atoms in total. The van der Waals surface area contributed by atoms with Crippen molar-refractivity contribution < 1.29 is 5.11 Å². The van der Waals surface area contributed by atoms with Crippen LogP contribution in [0.3, 0.4) is 0 Å². The van der Waals surface area contributed by atoms with Crippen LogP contribution in [-0.4, -0.2) is 43.3 Å². The SMILES string of the molecule is OCCCCCCNc1cncc2nnnn12. The summed E-state index contributed by atoms with van der Waals surface area (Å²) < 4.78 is 1.63. The van der Waals surface area contributed by atoms with Gasteiger partial charge in [0.2, 0.25) is 0 Å². The molecule has 0 spiro atoms. The van der Waals surface area contributed by atoms with E-state index in [1.54, 1.807) is 16.9 Å². The van der Waals surface area contributed by atoms with E-state index >= 15 is 0 Å². The normalized spacial score (nSPS) is 10.9. The van der Waals surface area contributed by atoms with E-state index in [9.17, 15) is 0 Å². The lowest BCUT2D eigenvalue weighted by molar-refractivity contribution is 0.283. The first kappa shape index (κ1) is 11.7. The van der Waals surface area contributed by atoms with Crippen LogP contribution in [0, 0.1) is 0 Å². The topological polar surface area (TPSA) is 88.2 Å². The second-order valence-electron chi connectivity index (χ2n) is 3.81. The molecule has 2 heterocycles. The lowest BCUT2D eigenvalue weighted by Crippen LogP contribution is -2.07. The van der Waals surface area contributed by atoms with Crippen molar-refractivity contribution in [3.8, 4) is 0 Å². The molecule has 0 aliphatic carbocycles. The van der Waals surface area contributed by atoms with Gasteiger partial charge in [0, 0.05) is 13.2 Å². The first-order chi connectivity index (χ1) is 8.42. The Balaban J connectivity index is 1.80. The van der Waals surface area contributed by atoms with Crippen LogP contribution in [0.4, 0.5) is 5.82 Å². The van der Waals surface area contributed by atoms with Gasteiger partial charge in [-0.15, -0.1) is 5.10 Å². The summed E-state index contributed by atoms with van der Waals surface area (Å²) in [5.74, 6) is 0.801. The number of unbranched alkanes of at least 4 members (excludes halogenated alkanes) is 3. The highest BCUT2D eigenvalue weighted by atomic mass is 16.2. The minimum Gasteiger partial charge on any atom is -0.396 e. The summed E-state index contributed by atoms with van der Waals surface area (Å²) in [6.07, 6.45) is 7.42. The summed E-state index contributed by atoms with van der Waals surface area (Å²) in [4.78, 5) is 4.05. The maximum atomic E-state index is 8.65. The molecule has 0 saturated heterocycles. The van der Waals surface area contributed by atoms with Crippen molar-refractivity contribution in [2.45, 2.75) is 25.7 Å². The van der Waals surface area contributed by atoms with Crippen molar-refractivity contribution in [3.63, 3.8) is 0 Å². The molecular formula is C10H16N6O. The van der Waals surface area contributed by atoms with Crippen LogP contribution < -0.4 is 5.32 Å². The molecule has 2 aromatic rings. The molecule has 2 rings (SSSR count). The standard InChI is InChI=1S/C10H16N6O/c17-6-4-2-1-3-5-12-9-7-11-8-10-13-14-15-16(9)10/h7-8,12,17H,1-6H2. The smallest absolute Gasteiger partial charge is 0.199 e. The van der Waals surface area contributed by atoms with E-state index in [4.69, 9.17) is 5.11 Å². The highest BCUT2D eigenvalue weighted by Gasteiger charge is 2.02. The van der Waals surface area contributed by atoms with Crippen LogP contribution in [0.1, 0.15) is 25.7 Å². The molecule has 2 aromatic heterocycles. The Hall–Kier alpha value is -1.76. The van der Waals surface area contributed by atoms with Gasteiger partial charge in [-0.05, 0) is 23.3 Å². The first-order valence-electron chi connectivity index (χ1n) is 5.78. The Morgan fingerprint density at radius 1 is 1.18 bits per heavy atom. The Morgan fingerprint density at radius 3 is 2.94 bits per heavy atom. The Labute approximate surface area is 98.9 Å². The zero-order valence-corrected chi connectivity index (χ0v) is 9.58. The molecule has 0 bridgehead atoms. The molecule has 0 saturated carbocycles. The van der Waals surface area contributed by atoms with Gasteiger partial charge >= 0.3 is 0 Å². The van der Waals surface area contributed by atoms with Crippen molar-refractivity contribution in [1.29, 1.82) is 0 Å². The molecular weight excluding hydrogens is 220 g/mol. The molecule has 0 unspecified atom stereocenters. The molecule has 0 amide bonds. The third-order valence-electron chi connectivity index (χ3n) is 2.50. The number of anilines is 1. The van der Waals surface area contributed by atoms with Crippen LogP contribution in [-0.2, 0) is 0 Å². The number of aromatic nitrogens is 5. The van der Waals surface area contributed by atoms with Crippen LogP contribution in [0.15, 0.2) is 12.4 Å². The minimum absolute atomic E-state index is 0.279. The quantitative estimate of drug-likeness (QED) is 0.680. The van der Waals surface area contributed by atoms with Gasteiger partial charge in [0.05, 0.1) is 12.4 Å². The summed E-state index contributed by atoms with van der Waals surface area (Å²) >= 11 is 0. The average molecular weight is 236 g/mol. The molecule has 92 valence electrons. The van der Waals surface area contributed by atoms with E-state index < -0.39 is 0 Å². The van der Waals surface area contributed by atoms with E-state index in [1.807, 2.05) is 0 Å². The fourth-order valence-corrected chi connectivity index (χ4v) is 1.60. The van der Waals surface area contributed by atoms with Gasteiger partial charge < -0.3 is 10.4 Å². The van der Waals surface area contributed by atoms with Crippen molar-refractivity contribution in [1.82, 2.24) is 25.0 Å². The number of rotatable bonds is 7. The van der Waals surface area contributed by atoms with Gasteiger partial charge in [-0.3, -0.25) is 4.98 Å². The zero-order valence-electron chi connectivity index (χ0n) is 9.58. The highest BCUT2D eigenvalue weighted by Crippen LogP contribution is 2.06. The third kappa shape index (κ3) is 3.10. The minimum atomic E-state index is 0.279. The number of fused-ring (bicyclic) bond motifs is 1. The van der Waals surface area contributed by atoms with Gasteiger partial charge in [-0.1, -0.05) is 12.8 Å². The number of aliphatic hydroxyl groups excluding tert-OH is 1. The number of hydrogen-bond donors (Lipinski definition) is 2. The second kappa shape index (κ2) is 6.09. The van der Waals surface area contributed by atoms with Crippen LogP contribution in [0.2, 0.25) is 0 Å². The van der Waals surface area contributed by atoms with Gasteiger partial charge in [-0.2, -0.15) is 4.52 Å². The fraction of sp³-hybridized carbons (Fsp3) is 0.600. The van der Waals surface area contributed by atoms with Crippen molar-refractivity contribution in [2.24, 2.45) is 0 Å². The summed E-state index contributed by atoms with van der Waals surface area (Å²) in [6.45, 7) is 1.13. The van der Waals surface area contributed by atoms with E-state index in [1.165, 1.54) is 0 Å². The lowest BCUT2D eigenvalue weighted by Gasteiger charge is -2.06. The van der Waals surface area contributed by atoms with Crippen LogP contribution in [0.5, 0.6) is 0 Å². The molecule has 0 aromatic carbocycles. The highest BCUT2D eigenvalue weighted by molar-refractivity contribution is 5.43. The van der Waals surface area contributed by atoms with Crippen molar-refractivity contribution in [2.75, 3.05) is 18.5 Å². The van der Waals surface area contributed by atoms with Crippen molar-refractivity contribution in [3.05, 3.63) is 12.4 Å². The number of nitrogens with zero attached hydrogens (tertiary/aromatic N) is 5. The largest absolute Gasteiger partial charge is 0.396 e. The van der Waals surface area contributed by atoms with E-state index in [-0.39, 0.29) is 6.61 Å². The third-order valence-corrected chi connectivity index (χ3v) is 2.50. The van der Waals surface area contributed by atoms with Crippen LogP contribution in [0.25, 0.3) is 5.65 Å². The molecule has 0 radical (unpaired) electrons. The van der Waals surface area contributed by atoms with Gasteiger partial charge in [0.1, 0.15) is 5.82 Å². The first-order valence-corrected chi connectivity index (χ1v) is 5.78. The number of nitrogens with one attached hydrogen (secondary N) is 1. The molecule has 0 aliphatic rings. The second-order valence-corrected chi connectivity index (χ2v) is 3.81. The molecule has 0 fully saturated rings. The van der Waals surface area contributed by atoms with Crippen molar-refractivity contribution >= 4 is 11.5 Å². The van der Waals surface area contributed by atoms with Gasteiger partial charge in [0.15, 0.2) is 5.65 Å². The summed E-state index contributed by atoms with van der Waals surface area (Å²) in [7, 11) is 0. The number of hydrogen-bond acceptors (Lipinski definition) is 6. The van der Waals surface area contributed by atoms with Gasteiger partial charge in [-0.25, -0.2) is 0 Å². The molecule has 0 atom stereocenters. The monoisotopic (exact) mass is 236 g/mol. The van der Waals surface area contributed by atoms with E-state index in [0.29, 0.717) is 5.65 Å². The molecule has 2 N–H and O–H groups in total. The summed E-state index contributed by atoms with van der Waals surface area (Å²) in [6, 6.07) is 0. The average Bonchev–Trinajstić information content (AvgIpc) is 2.82. The zero-order chi connectivity index (χ0) is 11.9. The predicted molar refractivity (Wildman–Crippen MR) is 62.6 cm³/mol. The summed E-state index contributed by atoms with van der Waals surface area (Å²) in [5.41, 5.74) is 0.635. The maximum absolute atomic E-state index is 8.65. The van der Waals surface area contributed by atoms with Crippen LogP contribution >= 0.6 is 0 Å². The lowest BCUT2D eigenvalue weighted by atomic mass is 10.2. The molecule has 7 heteroatoms. The number of tetrazole rings is 1. The van der Waals surface area contributed by atoms with E-state index in [2.05, 4.69) is 25.8 Å².